The molecule has 0 saturated heterocycles. The third kappa shape index (κ3) is 4.81. The molecule has 0 saturated carbocycles. The number of rotatable bonds is 7. The molecule has 0 aliphatic heterocycles. The highest BCUT2D eigenvalue weighted by molar-refractivity contribution is 5.77. The van der Waals surface area contributed by atoms with Crippen LogP contribution in [0.2, 0.25) is 0 Å². The van der Waals surface area contributed by atoms with E-state index < -0.39 is 0 Å². The third-order valence-electron chi connectivity index (χ3n) is 3.07. The van der Waals surface area contributed by atoms with Gasteiger partial charge in [-0.15, -0.1) is 0 Å². The fourth-order valence-electron chi connectivity index (χ4n) is 1.75. The van der Waals surface area contributed by atoms with E-state index in [2.05, 4.69) is 10.6 Å². The normalized spacial score (nSPS) is 12.3. The fourth-order valence-corrected chi connectivity index (χ4v) is 1.75. The van der Waals surface area contributed by atoms with Crippen LogP contribution in [0.3, 0.4) is 0 Å². The molecule has 2 N–H and O–H groups in total. The van der Waals surface area contributed by atoms with Crippen molar-refractivity contribution >= 4 is 5.91 Å². The van der Waals surface area contributed by atoms with Crippen molar-refractivity contribution in [2.24, 2.45) is 5.92 Å². The third-order valence-corrected chi connectivity index (χ3v) is 3.07. The maximum absolute atomic E-state index is 13.6. The Labute approximate surface area is 119 Å². The first-order valence-corrected chi connectivity index (χ1v) is 6.80. The minimum atomic E-state index is -0.369. The van der Waals surface area contributed by atoms with E-state index in [0.29, 0.717) is 13.1 Å². The summed E-state index contributed by atoms with van der Waals surface area (Å²) in [6, 6.07) is 4.91. The molecule has 1 amide bonds. The Bertz CT molecular complexity index is 449. The molecule has 1 aromatic rings. The molecule has 20 heavy (non-hydrogen) atoms. The van der Waals surface area contributed by atoms with Crippen LogP contribution in [0.15, 0.2) is 18.2 Å². The number of methoxy groups -OCH3 is 1. The van der Waals surface area contributed by atoms with E-state index in [1.165, 1.54) is 13.2 Å². The molecule has 0 bridgehead atoms. The summed E-state index contributed by atoms with van der Waals surface area (Å²) in [6.45, 7) is 6.84. The van der Waals surface area contributed by atoms with E-state index in [9.17, 15) is 9.18 Å². The second-order valence-electron chi connectivity index (χ2n) is 5.02. The molecule has 0 aliphatic carbocycles. The summed E-state index contributed by atoms with van der Waals surface area (Å²) in [5.41, 5.74) is 0.846. The van der Waals surface area contributed by atoms with E-state index in [1.807, 2.05) is 26.8 Å². The smallest absolute Gasteiger partial charge is 0.222 e. The Kier molecular flexibility index (Phi) is 6.45. The van der Waals surface area contributed by atoms with E-state index in [1.54, 1.807) is 6.07 Å². The van der Waals surface area contributed by atoms with Crippen LogP contribution in [-0.2, 0) is 4.79 Å². The van der Waals surface area contributed by atoms with Crippen molar-refractivity contribution in [2.45, 2.75) is 26.8 Å². The lowest BCUT2D eigenvalue weighted by Gasteiger charge is -2.16. The van der Waals surface area contributed by atoms with Gasteiger partial charge >= 0.3 is 0 Å². The Morgan fingerprint density at radius 3 is 2.55 bits per heavy atom. The summed E-state index contributed by atoms with van der Waals surface area (Å²) >= 11 is 0. The summed E-state index contributed by atoms with van der Waals surface area (Å²) < 4.78 is 18.5. The minimum Gasteiger partial charge on any atom is -0.494 e. The van der Waals surface area contributed by atoms with Crippen molar-refractivity contribution in [3.8, 4) is 5.75 Å². The molecule has 1 unspecified atom stereocenters. The van der Waals surface area contributed by atoms with Gasteiger partial charge in [-0.25, -0.2) is 4.39 Å². The fraction of sp³-hybridized carbons (Fsp3) is 0.533. The summed E-state index contributed by atoms with van der Waals surface area (Å²) in [4.78, 5) is 11.4. The number of carbonyl (C=O) groups is 1. The van der Waals surface area contributed by atoms with Gasteiger partial charge in [0.25, 0.3) is 0 Å². The summed E-state index contributed by atoms with van der Waals surface area (Å²) in [5, 5.41) is 6.06. The molecule has 0 radical (unpaired) electrons. The first kappa shape index (κ1) is 16.4. The lowest BCUT2D eigenvalue weighted by Crippen LogP contribution is -2.35. The van der Waals surface area contributed by atoms with Crippen molar-refractivity contribution in [1.29, 1.82) is 0 Å². The Morgan fingerprint density at radius 2 is 2.00 bits per heavy atom. The molecule has 112 valence electrons. The second-order valence-corrected chi connectivity index (χ2v) is 5.02. The summed E-state index contributed by atoms with van der Waals surface area (Å²) in [7, 11) is 1.44. The highest BCUT2D eigenvalue weighted by atomic mass is 19.1. The van der Waals surface area contributed by atoms with Gasteiger partial charge < -0.3 is 15.4 Å². The van der Waals surface area contributed by atoms with Crippen LogP contribution in [0.4, 0.5) is 4.39 Å². The van der Waals surface area contributed by atoms with Crippen LogP contribution in [0.1, 0.15) is 32.4 Å². The number of nitrogens with one attached hydrogen (secondary N) is 2. The van der Waals surface area contributed by atoms with Crippen LogP contribution in [0, 0.1) is 11.7 Å². The predicted octanol–water partition coefficient (Wildman–Crippen LogP) is 2.26. The molecule has 1 atom stereocenters. The topological polar surface area (TPSA) is 50.4 Å². The van der Waals surface area contributed by atoms with E-state index >= 15 is 0 Å². The van der Waals surface area contributed by atoms with Crippen molar-refractivity contribution in [3.63, 3.8) is 0 Å². The second kappa shape index (κ2) is 7.85. The largest absolute Gasteiger partial charge is 0.494 e. The number of carbonyl (C=O) groups excluding carboxylic acids is 1. The molecule has 0 heterocycles. The Hall–Kier alpha value is -1.62. The number of benzene rings is 1. The molecule has 5 heteroatoms. The maximum Gasteiger partial charge on any atom is 0.222 e. The standard InChI is InChI=1S/C15H23FN2O2/c1-10(2)15(19)18-8-7-17-11(3)12-5-6-14(20-4)13(16)9-12/h5-6,9-11,17H,7-8H2,1-4H3,(H,18,19). The van der Waals surface area contributed by atoms with Gasteiger partial charge in [0, 0.05) is 25.0 Å². The summed E-state index contributed by atoms with van der Waals surface area (Å²) in [5.74, 6) is -0.102. The highest BCUT2D eigenvalue weighted by Gasteiger charge is 2.09. The zero-order chi connectivity index (χ0) is 15.1. The van der Waals surface area contributed by atoms with E-state index in [4.69, 9.17) is 4.74 Å². The van der Waals surface area contributed by atoms with Gasteiger partial charge in [0.1, 0.15) is 0 Å². The molecule has 0 aromatic heterocycles. The number of hydrogen-bond donors (Lipinski definition) is 2. The van der Waals surface area contributed by atoms with Gasteiger partial charge in [0.05, 0.1) is 7.11 Å². The van der Waals surface area contributed by atoms with Gasteiger partial charge in [0.15, 0.2) is 11.6 Å². The molecule has 4 nitrogen and oxygen atoms in total. The molecule has 0 aliphatic rings. The molecular formula is C15H23FN2O2. The van der Waals surface area contributed by atoms with Crippen LogP contribution < -0.4 is 15.4 Å². The van der Waals surface area contributed by atoms with Crippen LogP contribution in [-0.4, -0.2) is 26.1 Å². The molecular weight excluding hydrogens is 259 g/mol. The first-order valence-electron chi connectivity index (χ1n) is 6.80. The number of hydrogen-bond acceptors (Lipinski definition) is 3. The number of ether oxygens (including phenoxy) is 1. The first-order chi connectivity index (χ1) is 9.45. The lowest BCUT2D eigenvalue weighted by atomic mass is 10.1. The van der Waals surface area contributed by atoms with Crippen LogP contribution >= 0.6 is 0 Å². The Balaban J connectivity index is 2.41. The van der Waals surface area contributed by atoms with E-state index in [-0.39, 0.29) is 29.4 Å². The minimum absolute atomic E-state index is 0.00589. The van der Waals surface area contributed by atoms with Crippen molar-refractivity contribution in [1.82, 2.24) is 10.6 Å². The quantitative estimate of drug-likeness (QED) is 0.754. The van der Waals surface area contributed by atoms with Gasteiger partial charge in [-0.3, -0.25) is 4.79 Å². The monoisotopic (exact) mass is 282 g/mol. The molecule has 1 aromatic carbocycles. The SMILES string of the molecule is COc1ccc(C(C)NCCNC(=O)C(C)C)cc1F. The molecule has 0 fully saturated rings. The van der Waals surface area contributed by atoms with Crippen molar-refractivity contribution in [2.75, 3.05) is 20.2 Å². The van der Waals surface area contributed by atoms with Crippen LogP contribution in [0.25, 0.3) is 0 Å². The number of amides is 1. The van der Waals surface area contributed by atoms with Gasteiger partial charge in [-0.05, 0) is 24.6 Å². The van der Waals surface area contributed by atoms with Crippen molar-refractivity contribution < 1.29 is 13.9 Å². The maximum atomic E-state index is 13.6. The zero-order valence-electron chi connectivity index (χ0n) is 12.5. The average Bonchev–Trinajstić information content (AvgIpc) is 2.42. The highest BCUT2D eigenvalue weighted by Crippen LogP contribution is 2.21. The number of halogens is 1. The average molecular weight is 282 g/mol. The Morgan fingerprint density at radius 1 is 1.30 bits per heavy atom. The van der Waals surface area contributed by atoms with Crippen LogP contribution in [0.5, 0.6) is 5.75 Å². The molecule has 0 spiro atoms. The van der Waals surface area contributed by atoms with E-state index in [0.717, 1.165) is 5.56 Å². The summed E-state index contributed by atoms with van der Waals surface area (Å²) in [6.07, 6.45) is 0. The van der Waals surface area contributed by atoms with Gasteiger partial charge in [-0.1, -0.05) is 19.9 Å². The van der Waals surface area contributed by atoms with Gasteiger partial charge in [0.2, 0.25) is 5.91 Å². The zero-order valence-corrected chi connectivity index (χ0v) is 12.5. The predicted molar refractivity (Wildman–Crippen MR) is 77.2 cm³/mol. The molecule has 1 rings (SSSR count). The lowest BCUT2D eigenvalue weighted by molar-refractivity contribution is -0.123. The van der Waals surface area contributed by atoms with Crippen molar-refractivity contribution in [3.05, 3.63) is 29.6 Å². The van der Waals surface area contributed by atoms with Gasteiger partial charge in [-0.2, -0.15) is 0 Å².